The zero-order valence-electron chi connectivity index (χ0n) is 11.3. The first-order chi connectivity index (χ1) is 6.78. The smallest absolute Gasteiger partial charge is 0.0746 e. The van der Waals surface area contributed by atoms with Crippen molar-refractivity contribution in [2.45, 2.75) is 66.0 Å². The number of hydrogen-bond donors (Lipinski definition) is 2. The average Bonchev–Trinajstić information content (AvgIpc) is 2.11. The molecule has 0 saturated carbocycles. The van der Waals surface area contributed by atoms with Crippen molar-refractivity contribution in [1.82, 2.24) is 5.32 Å². The maximum Gasteiger partial charge on any atom is 0.0746 e. The third-order valence-electron chi connectivity index (χ3n) is 3.15. The normalized spacial score (nSPS) is 20.0. The van der Waals surface area contributed by atoms with Crippen LogP contribution in [-0.4, -0.2) is 23.3 Å². The lowest BCUT2D eigenvalue weighted by Gasteiger charge is -2.29. The summed E-state index contributed by atoms with van der Waals surface area (Å²) in [7, 11) is 0. The predicted octanol–water partition coefficient (Wildman–Crippen LogP) is 2.81. The third kappa shape index (κ3) is 6.91. The fourth-order valence-corrected chi connectivity index (χ4v) is 1.89. The summed E-state index contributed by atoms with van der Waals surface area (Å²) in [5.74, 6) is 1.21. The monoisotopic (exact) mass is 215 g/mol. The van der Waals surface area contributed by atoms with Crippen LogP contribution in [0.3, 0.4) is 0 Å². The topological polar surface area (TPSA) is 32.3 Å². The Bertz CT molecular complexity index is 166. The van der Waals surface area contributed by atoms with E-state index in [1.807, 2.05) is 6.92 Å². The molecule has 2 N–H and O–H groups in total. The van der Waals surface area contributed by atoms with Crippen LogP contribution < -0.4 is 5.32 Å². The second-order valence-electron chi connectivity index (χ2n) is 5.65. The van der Waals surface area contributed by atoms with Gasteiger partial charge in [-0.25, -0.2) is 0 Å². The van der Waals surface area contributed by atoms with Crippen molar-refractivity contribution in [2.24, 2.45) is 11.8 Å². The summed E-state index contributed by atoms with van der Waals surface area (Å²) in [5, 5.41) is 13.6. The Labute approximate surface area is 95.5 Å². The standard InChI is InChI=1S/C13H29NO/c1-7-11(4)12(5)14-9-13(6,15)8-10(2)3/h10-12,14-15H,7-9H2,1-6H3. The molecule has 0 rings (SSSR count). The molecule has 92 valence electrons. The highest BCUT2D eigenvalue weighted by Gasteiger charge is 2.22. The van der Waals surface area contributed by atoms with Gasteiger partial charge >= 0.3 is 0 Å². The van der Waals surface area contributed by atoms with Gasteiger partial charge in [0.05, 0.1) is 5.60 Å². The van der Waals surface area contributed by atoms with Crippen LogP contribution in [-0.2, 0) is 0 Å². The zero-order valence-corrected chi connectivity index (χ0v) is 11.3. The summed E-state index contributed by atoms with van der Waals surface area (Å²) in [6.07, 6.45) is 2.04. The van der Waals surface area contributed by atoms with Gasteiger partial charge in [-0.15, -0.1) is 0 Å². The van der Waals surface area contributed by atoms with Gasteiger partial charge in [0.15, 0.2) is 0 Å². The van der Waals surface area contributed by atoms with E-state index in [0.29, 0.717) is 24.4 Å². The number of rotatable bonds is 7. The van der Waals surface area contributed by atoms with Crippen molar-refractivity contribution >= 4 is 0 Å². The summed E-state index contributed by atoms with van der Waals surface area (Å²) in [6.45, 7) is 13.5. The zero-order chi connectivity index (χ0) is 12.1. The molecule has 3 atom stereocenters. The minimum atomic E-state index is -0.574. The largest absolute Gasteiger partial charge is 0.389 e. The Kier molecular flexibility index (Phi) is 6.46. The lowest BCUT2D eigenvalue weighted by atomic mass is 9.93. The summed E-state index contributed by atoms with van der Waals surface area (Å²) in [4.78, 5) is 0. The van der Waals surface area contributed by atoms with Crippen molar-refractivity contribution in [3.8, 4) is 0 Å². The molecule has 0 heterocycles. The molecule has 0 aliphatic carbocycles. The van der Waals surface area contributed by atoms with E-state index in [1.54, 1.807) is 0 Å². The molecule has 0 saturated heterocycles. The van der Waals surface area contributed by atoms with Gasteiger partial charge in [-0.1, -0.05) is 34.1 Å². The molecule has 3 unspecified atom stereocenters. The Morgan fingerprint density at radius 2 is 1.73 bits per heavy atom. The van der Waals surface area contributed by atoms with E-state index in [1.165, 1.54) is 6.42 Å². The minimum Gasteiger partial charge on any atom is -0.389 e. The van der Waals surface area contributed by atoms with Crippen LogP contribution in [0.5, 0.6) is 0 Å². The highest BCUT2D eigenvalue weighted by atomic mass is 16.3. The van der Waals surface area contributed by atoms with Gasteiger partial charge in [0.2, 0.25) is 0 Å². The van der Waals surface area contributed by atoms with Crippen molar-refractivity contribution in [2.75, 3.05) is 6.54 Å². The molecule has 0 amide bonds. The van der Waals surface area contributed by atoms with Gasteiger partial charge < -0.3 is 10.4 Å². The van der Waals surface area contributed by atoms with Crippen LogP contribution in [0, 0.1) is 11.8 Å². The van der Waals surface area contributed by atoms with Crippen LogP contribution in [0.1, 0.15) is 54.4 Å². The molecule has 0 aliphatic rings. The molecule has 0 aromatic rings. The van der Waals surface area contributed by atoms with Gasteiger partial charge in [0.25, 0.3) is 0 Å². The van der Waals surface area contributed by atoms with Crippen molar-refractivity contribution in [1.29, 1.82) is 0 Å². The van der Waals surface area contributed by atoms with Crippen LogP contribution in [0.25, 0.3) is 0 Å². The highest BCUT2D eigenvalue weighted by Crippen LogP contribution is 2.16. The molecule has 0 fully saturated rings. The van der Waals surface area contributed by atoms with E-state index in [4.69, 9.17) is 0 Å². The van der Waals surface area contributed by atoms with Gasteiger partial charge in [0.1, 0.15) is 0 Å². The summed E-state index contributed by atoms with van der Waals surface area (Å²) in [6, 6.07) is 0.480. The van der Waals surface area contributed by atoms with Crippen molar-refractivity contribution in [3.63, 3.8) is 0 Å². The van der Waals surface area contributed by atoms with E-state index in [-0.39, 0.29) is 0 Å². The SMILES string of the molecule is CCC(C)C(C)NCC(C)(O)CC(C)C. The van der Waals surface area contributed by atoms with Gasteiger partial charge in [0, 0.05) is 12.6 Å². The second kappa shape index (κ2) is 6.49. The molecule has 0 spiro atoms. The first kappa shape index (κ1) is 14.9. The molecule has 2 heteroatoms. The predicted molar refractivity (Wildman–Crippen MR) is 67.0 cm³/mol. The van der Waals surface area contributed by atoms with Crippen molar-refractivity contribution < 1.29 is 5.11 Å². The maximum absolute atomic E-state index is 10.1. The summed E-state index contributed by atoms with van der Waals surface area (Å²) < 4.78 is 0. The Morgan fingerprint density at radius 3 is 2.13 bits per heavy atom. The molecule has 0 radical (unpaired) electrons. The molecule has 0 aliphatic heterocycles. The fraction of sp³-hybridized carbons (Fsp3) is 1.00. The van der Waals surface area contributed by atoms with E-state index in [2.05, 4.69) is 39.9 Å². The first-order valence-electron chi connectivity index (χ1n) is 6.24. The molecule has 0 bridgehead atoms. The number of hydrogen-bond acceptors (Lipinski definition) is 2. The minimum absolute atomic E-state index is 0.480. The highest BCUT2D eigenvalue weighted by molar-refractivity contribution is 4.79. The molecular weight excluding hydrogens is 186 g/mol. The summed E-state index contributed by atoms with van der Waals surface area (Å²) >= 11 is 0. The second-order valence-corrected chi connectivity index (χ2v) is 5.65. The Morgan fingerprint density at radius 1 is 1.20 bits per heavy atom. The molecule has 0 aromatic carbocycles. The molecule has 0 aromatic heterocycles. The van der Waals surface area contributed by atoms with Gasteiger partial charge in [-0.3, -0.25) is 0 Å². The Hall–Kier alpha value is -0.0800. The summed E-state index contributed by atoms with van der Waals surface area (Å²) in [5.41, 5.74) is -0.574. The van der Waals surface area contributed by atoms with E-state index in [9.17, 15) is 5.11 Å². The van der Waals surface area contributed by atoms with Crippen LogP contribution in [0.2, 0.25) is 0 Å². The van der Waals surface area contributed by atoms with E-state index in [0.717, 1.165) is 6.42 Å². The number of nitrogens with one attached hydrogen (secondary N) is 1. The van der Waals surface area contributed by atoms with E-state index < -0.39 is 5.60 Å². The number of aliphatic hydroxyl groups is 1. The van der Waals surface area contributed by atoms with Crippen LogP contribution >= 0.6 is 0 Å². The van der Waals surface area contributed by atoms with Crippen LogP contribution in [0.4, 0.5) is 0 Å². The maximum atomic E-state index is 10.1. The first-order valence-corrected chi connectivity index (χ1v) is 6.24. The lowest BCUT2D eigenvalue weighted by molar-refractivity contribution is 0.0347. The van der Waals surface area contributed by atoms with Gasteiger partial charge in [-0.2, -0.15) is 0 Å². The molecule has 2 nitrogen and oxygen atoms in total. The van der Waals surface area contributed by atoms with Crippen molar-refractivity contribution in [3.05, 3.63) is 0 Å². The van der Waals surface area contributed by atoms with E-state index >= 15 is 0 Å². The lowest BCUT2D eigenvalue weighted by Crippen LogP contribution is -2.44. The molecule has 15 heavy (non-hydrogen) atoms. The average molecular weight is 215 g/mol. The third-order valence-corrected chi connectivity index (χ3v) is 3.15. The van der Waals surface area contributed by atoms with Crippen LogP contribution in [0.15, 0.2) is 0 Å². The Balaban J connectivity index is 3.92. The molecular formula is C13H29NO. The van der Waals surface area contributed by atoms with Gasteiger partial charge in [-0.05, 0) is 32.1 Å². The fourth-order valence-electron chi connectivity index (χ4n) is 1.89. The quantitative estimate of drug-likeness (QED) is 0.684.